The molecule has 1 fully saturated rings. The Balaban J connectivity index is 1.46. The lowest BCUT2D eigenvalue weighted by atomic mass is 9.75. The third-order valence-corrected chi connectivity index (χ3v) is 4.76. The minimum absolute atomic E-state index is 0.170. The van der Waals surface area contributed by atoms with Crippen LogP contribution in [0.2, 0.25) is 0 Å². The van der Waals surface area contributed by atoms with Crippen LogP contribution in [0, 0.1) is 5.92 Å². The number of aromatic nitrogens is 2. The Morgan fingerprint density at radius 3 is 2.74 bits per heavy atom. The van der Waals surface area contributed by atoms with E-state index in [0.717, 1.165) is 5.56 Å². The summed E-state index contributed by atoms with van der Waals surface area (Å²) in [5.74, 6) is 0.907. The SMILES string of the molecule is Cn1cc([C@@H](NC(=O)c2ccc(Oc3ccccc3)o2)C2CC(O)C2)cn1. The average molecular weight is 367 g/mol. The Morgan fingerprint density at radius 1 is 1.30 bits per heavy atom. The molecule has 1 aromatic carbocycles. The molecule has 3 aromatic rings. The van der Waals surface area contributed by atoms with E-state index < -0.39 is 0 Å². The molecule has 1 aliphatic rings. The van der Waals surface area contributed by atoms with Gasteiger partial charge in [0.2, 0.25) is 0 Å². The standard InChI is InChI=1S/C20H21N3O4/c1-23-12-14(11-21-23)19(13-9-15(24)10-13)22-20(25)17-7-8-18(27-17)26-16-5-3-2-4-6-16/h2-8,11-13,15,19,24H,9-10H2,1H3,(H,22,25)/t13?,15?,19-/m0/s1. The van der Waals surface area contributed by atoms with E-state index in [-0.39, 0.29) is 35.7 Å². The Morgan fingerprint density at radius 2 is 2.07 bits per heavy atom. The van der Waals surface area contributed by atoms with Crippen molar-refractivity contribution in [2.45, 2.75) is 25.0 Å². The summed E-state index contributed by atoms with van der Waals surface area (Å²) in [6.07, 6.45) is 4.62. The molecule has 1 atom stereocenters. The van der Waals surface area contributed by atoms with Gasteiger partial charge in [-0.15, -0.1) is 0 Å². The second-order valence-corrected chi connectivity index (χ2v) is 6.82. The molecule has 7 nitrogen and oxygen atoms in total. The number of nitrogens with one attached hydrogen (secondary N) is 1. The Kier molecular flexibility index (Phi) is 4.68. The van der Waals surface area contributed by atoms with Crippen molar-refractivity contribution in [3.63, 3.8) is 0 Å². The molecule has 0 radical (unpaired) electrons. The fraction of sp³-hybridized carbons (Fsp3) is 0.300. The van der Waals surface area contributed by atoms with Gasteiger partial charge in [-0.05, 0) is 37.0 Å². The van der Waals surface area contributed by atoms with Crippen molar-refractivity contribution in [1.82, 2.24) is 15.1 Å². The van der Waals surface area contributed by atoms with Crippen molar-refractivity contribution in [3.8, 4) is 11.7 Å². The van der Waals surface area contributed by atoms with E-state index in [9.17, 15) is 9.90 Å². The number of hydrogen-bond acceptors (Lipinski definition) is 5. The van der Waals surface area contributed by atoms with Crippen LogP contribution in [0.3, 0.4) is 0 Å². The molecule has 7 heteroatoms. The number of aryl methyl sites for hydroxylation is 1. The normalized spacial score (nSPS) is 19.9. The summed E-state index contributed by atoms with van der Waals surface area (Å²) in [4.78, 5) is 12.7. The summed E-state index contributed by atoms with van der Waals surface area (Å²) in [5.41, 5.74) is 0.912. The van der Waals surface area contributed by atoms with Gasteiger partial charge in [-0.1, -0.05) is 18.2 Å². The minimum Gasteiger partial charge on any atom is -0.426 e. The van der Waals surface area contributed by atoms with E-state index in [0.29, 0.717) is 18.6 Å². The van der Waals surface area contributed by atoms with Crippen LogP contribution in [-0.4, -0.2) is 26.9 Å². The van der Waals surface area contributed by atoms with Crippen molar-refractivity contribution in [2.24, 2.45) is 13.0 Å². The van der Waals surface area contributed by atoms with E-state index in [1.54, 1.807) is 23.0 Å². The number of benzene rings is 1. The zero-order valence-electron chi connectivity index (χ0n) is 14.9. The number of carbonyl (C=O) groups excluding carboxylic acids is 1. The second-order valence-electron chi connectivity index (χ2n) is 6.82. The number of hydrogen-bond donors (Lipinski definition) is 2. The van der Waals surface area contributed by atoms with Gasteiger partial charge in [0.25, 0.3) is 11.9 Å². The molecule has 2 N–H and O–H groups in total. The number of ether oxygens (including phenoxy) is 1. The Labute approximate surface area is 156 Å². The first-order valence-electron chi connectivity index (χ1n) is 8.88. The van der Waals surface area contributed by atoms with Gasteiger partial charge in [-0.25, -0.2) is 0 Å². The maximum absolute atomic E-state index is 12.7. The Hall–Kier alpha value is -3.06. The van der Waals surface area contributed by atoms with Crippen LogP contribution < -0.4 is 10.1 Å². The van der Waals surface area contributed by atoms with Crippen LogP contribution in [0.4, 0.5) is 0 Å². The predicted molar refractivity (Wildman–Crippen MR) is 97.4 cm³/mol. The van der Waals surface area contributed by atoms with E-state index in [1.807, 2.05) is 43.6 Å². The van der Waals surface area contributed by atoms with Gasteiger partial charge in [0.05, 0.1) is 18.3 Å². The molecule has 2 heterocycles. The highest BCUT2D eigenvalue weighted by Gasteiger charge is 2.36. The number of furan rings is 1. The smallest absolute Gasteiger partial charge is 0.290 e. The van der Waals surface area contributed by atoms with Crippen molar-refractivity contribution in [1.29, 1.82) is 0 Å². The van der Waals surface area contributed by atoms with Crippen molar-refractivity contribution < 1.29 is 19.1 Å². The van der Waals surface area contributed by atoms with Gasteiger partial charge in [0.15, 0.2) is 5.76 Å². The van der Waals surface area contributed by atoms with Crippen LogP contribution in [-0.2, 0) is 7.05 Å². The number of nitrogens with zero attached hydrogens (tertiary/aromatic N) is 2. The number of rotatable bonds is 6. The highest BCUT2D eigenvalue weighted by molar-refractivity contribution is 5.91. The molecule has 1 saturated carbocycles. The molecule has 1 aliphatic carbocycles. The molecule has 140 valence electrons. The van der Waals surface area contributed by atoms with Gasteiger partial charge in [0, 0.05) is 24.9 Å². The molecule has 0 unspecified atom stereocenters. The number of para-hydroxylation sites is 1. The number of amides is 1. The molecule has 2 aromatic heterocycles. The molecule has 4 rings (SSSR count). The van der Waals surface area contributed by atoms with Gasteiger partial charge in [-0.2, -0.15) is 5.10 Å². The maximum atomic E-state index is 12.7. The van der Waals surface area contributed by atoms with Crippen LogP contribution >= 0.6 is 0 Å². The van der Waals surface area contributed by atoms with Crippen molar-refractivity contribution in [3.05, 3.63) is 66.2 Å². The quantitative estimate of drug-likeness (QED) is 0.699. The summed E-state index contributed by atoms with van der Waals surface area (Å²) >= 11 is 0. The van der Waals surface area contributed by atoms with Crippen LogP contribution in [0.1, 0.15) is 35.0 Å². The monoisotopic (exact) mass is 367 g/mol. The van der Waals surface area contributed by atoms with Crippen LogP contribution in [0.15, 0.2) is 59.3 Å². The lowest BCUT2D eigenvalue weighted by Crippen LogP contribution is -2.41. The van der Waals surface area contributed by atoms with Crippen LogP contribution in [0.25, 0.3) is 0 Å². The van der Waals surface area contributed by atoms with E-state index in [4.69, 9.17) is 9.15 Å². The number of aliphatic hydroxyl groups excluding tert-OH is 1. The number of carbonyl (C=O) groups is 1. The zero-order valence-corrected chi connectivity index (χ0v) is 14.9. The molecule has 0 spiro atoms. The zero-order chi connectivity index (χ0) is 18.8. The first-order valence-corrected chi connectivity index (χ1v) is 8.88. The van der Waals surface area contributed by atoms with Crippen molar-refractivity contribution >= 4 is 5.91 Å². The average Bonchev–Trinajstić information content (AvgIpc) is 3.27. The fourth-order valence-electron chi connectivity index (χ4n) is 3.29. The molecule has 27 heavy (non-hydrogen) atoms. The summed E-state index contributed by atoms with van der Waals surface area (Å²) in [5, 5.41) is 16.8. The van der Waals surface area contributed by atoms with E-state index in [1.165, 1.54) is 0 Å². The van der Waals surface area contributed by atoms with Gasteiger partial charge < -0.3 is 19.6 Å². The lowest BCUT2D eigenvalue weighted by molar-refractivity contribution is 0.0232. The molecule has 0 aliphatic heterocycles. The van der Waals surface area contributed by atoms with Gasteiger partial charge in [-0.3, -0.25) is 9.48 Å². The molecule has 1 amide bonds. The first kappa shape index (κ1) is 17.4. The highest BCUT2D eigenvalue weighted by Crippen LogP contribution is 2.38. The van der Waals surface area contributed by atoms with Gasteiger partial charge >= 0.3 is 0 Å². The highest BCUT2D eigenvalue weighted by atomic mass is 16.6. The third kappa shape index (κ3) is 3.88. The van der Waals surface area contributed by atoms with Crippen LogP contribution in [0.5, 0.6) is 11.7 Å². The predicted octanol–water partition coefficient (Wildman–Crippen LogP) is 3.05. The third-order valence-electron chi connectivity index (χ3n) is 4.76. The maximum Gasteiger partial charge on any atom is 0.290 e. The fourth-order valence-corrected chi connectivity index (χ4v) is 3.29. The molecule has 0 bridgehead atoms. The summed E-state index contributed by atoms with van der Waals surface area (Å²) in [6.45, 7) is 0. The number of aliphatic hydroxyl groups is 1. The van der Waals surface area contributed by atoms with E-state index >= 15 is 0 Å². The second kappa shape index (κ2) is 7.28. The van der Waals surface area contributed by atoms with E-state index in [2.05, 4.69) is 10.4 Å². The minimum atomic E-state index is -0.326. The Bertz CT molecular complexity index is 912. The lowest BCUT2D eigenvalue weighted by Gasteiger charge is -2.37. The summed E-state index contributed by atoms with van der Waals surface area (Å²) < 4.78 is 12.8. The molecular formula is C20H21N3O4. The molecule has 0 saturated heterocycles. The molecular weight excluding hydrogens is 346 g/mol. The van der Waals surface area contributed by atoms with Crippen molar-refractivity contribution in [2.75, 3.05) is 0 Å². The first-order chi connectivity index (χ1) is 13.1. The summed E-state index contributed by atoms with van der Waals surface area (Å²) in [6, 6.07) is 12.2. The largest absolute Gasteiger partial charge is 0.426 e. The van der Waals surface area contributed by atoms with Gasteiger partial charge in [0.1, 0.15) is 5.75 Å². The summed E-state index contributed by atoms with van der Waals surface area (Å²) in [7, 11) is 1.83. The topological polar surface area (TPSA) is 89.5 Å².